The fraction of sp³-hybridized carbons (Fsp3) is 0.250. The topological polar surface area (TPSA) is 117 Å². The van der Waals surface area contributed by atoms with Crippen molar-refractivity contribution in [1.82, 2.24) is 24.9 Å². The molecule has 1 aromatic carbocycles. The van der Waals surface area contributed by atoms with Crippen molar-refractivity contribution in [3.63, 3.8) is 0 Å². The Kier molecular flexibility index (Phi) is 5.52. The second kappa shape index (κ2) is 8.78. The lowest BCUT2D eigenvalue weighted by Crippen LogP contribution is -2.23. The zero-order valence-corrected chi connectivity index (χ0v) is 18.2. The smallest absolute Gasteiger partial charge is 0.257 e. The summed E-state index contributed by atoms with van der Waals surface area (Å²) in [4.78, 5) is 21.5. The van der Waals surface area contributed by atoms with Gasteiger partial charge in [-0.05, 0) is 60.2 Å². The van der Waals surface area contributed by atoms with Crippen LogP contribution in [0, 0.1) is 5.92 Å². The lowest BCUT2D eigenvalue weighted by atomic mass is 10.1. The number of methoxy groups -OCH3 is 1. The SMILES string of the molecule is COc1ncc(-c2ccn3nc(N)nc3c2)cc1C(=O)NCc1cccc(OCC2CC2)c1. The van der Waals surface area contributed by atoms with Gasteiger partial charge in [-0.25, -0.2) is 9.50 Å². The first-order valence-corrected chi connectivity index (χ1v) is 10.8. The van der Waals surface area contributed by atoms with E-state index < -0.39 is 0 Å². The van der Waals surface area contributed by atoms with Crippen molar-refractivity contribution in [1.29, 1.82) is 0 Å². The lowest BCUT2D eigenvalue weighted by Gasteiger charge is -2.12. The Labute approximate surface area is 190 Å². The molecule has 1 saturated carbocycles. The molecule has 1 amide bonds. The summed E-state index contributed by atoms with van der Waals surface area (Å²) in [6.07, 6.45) is 5.90. The quantitative estimate of drug-likeness (QED) is 0.429. The molecule has 3 aromatic heterocycles. The van der Waals surface area contributed by atoms with E-state index in [1.165, 1.54) is 20.0 Å². The number of nitrogen functional groups attached to an aromatic ring is 1. The van der Waals surface area contributed by atoms with Gasteiger partial charge in [0.05, 0.1) is 13.7 Å². The highest BCUT2D eigenvalue weighted by molar-refractivity contribution is 5.97. The van der Waals surface area contributed by atoms with Crippen molar-refractivity contribution in [2.75, 3.05) is 19.5 Å². The number of pyridine rings is 2. The van der Waals surface area contributed by atoms with Crippen LogP contribution in [0.3, 0.4) is 0 Å². The van der Waals surface area contributed by atoms with E-state index in [-0.39, 0.29) is 17.7 Å². The van der Waals surface area contributed by atoms with E-state index >= 15 is 0 Å². The number of nitrogens with zero attached hydrogens (tertiary/aromatic N) is 4. The fourth-order valence-electron chi connectivity index (χ4n) is 3.54. The van der Waals surface area contributed by atoms with Crippen molar-refractivity contribution in [2.45, 2.75) is 19.4 Å². The zero-order chi connectivity index (χ0) is 22.8. The summed E-state index contributed by atoms with van der Waals surface area (Å²) in [5, 5.41) is 7.03. The number of hydrogen-bond donors (Lipinski definition) is 2. The first-order valence-electron chi connectivity index (χ1n) is 10.8. The highest BCUT2D eigenvalue weighted by atomic mass is 16.5. The van der Waals surface area contributed by atoms with Crippen LogP contribution in [0.1, 0.15) is 28.8 Å². The van der Waals surface area contributed by atoms with Crippen LogP contribution in [0.2, 0.25) is 0 Å². The summed E-state index contributed by atoms with van der Waals surface area (Å²) < 4.78 is 12.8. The second-order valence-corrected chi connectivity index (χ2v) is 8.05. The van der Waals surface area contributed by atoms with Gasteiger partial charge in [0.15, 0.2) is 5.65 Å². The van der Waals surface area contributed by atoms with Crippen LogP contribution in [0.4, 0.5) is 5.95 Å². The largest absolute Gasteiger partial charge is 0.493 e. The predicted octanol–water partition coefficient (Wildman–Crippen LogP) is 3.10. The zero-order valence-electron chi connectivity index (χ0n) is 18.2. The molecule has 168 valence electrons. The molecule has 3 heterocycles. The van der Waals surface area contributed by atoms with E-state index in [0.717, 1.165) is 29.0 Å². The molecule has 0 aliphatic heterocycles. The Balaban J connectivity index is 1.33. The van der Waals surface area contributed by atoms with Crippen LogP contribution in [-0.4, -0.2) is 39.2 Å². The molecule has 0 radical (unpaired) electrons. The number of ether oxygens (including phenoxy) is 2. The van der Waals surface area contributed by atoms with Gasteiger partial charge in [-0.15, -0.1) is 5.10 Å². The number of aromatic nitrogens is 4. The Morgan fingerprint density at radius 2 is 2.09 bits per heavy atom. The van der Waals surface area contributed by atoms with Crippen LogP contribution in [0.5, 0.6) is 11.6 Å². The monoisotopic (exact) mass is 444 g/mol. The van der Waals surface area contributed by atoms with Crippen LogP contribution in [0.15, 0.2) is 54.9 Å². The number of nitrogens with one attached hydrogen (secondary N) is 1. The summed E-state index contributed by atoms with van der Waals surface area (Å²) >= 11 is 0. The van der Waals surface area contributed by atoms with E-state index in [0.29, 0.717) is 23.7 Å². The number of amides is 1. The van der Waals surface area contributed by atoms with E-state index in [4.69, 9.17) is 15.2 Å². The Hall–Kier alpha value is -4.14. The third-order valence-electron chi connectivity index (χ3n) is 5.51. The van der Waals surface area contributed by atoms with Crippen LogP contribution in [0.25, 0.3) is 16.8 Å². The minimum absolute atomic E-state index is 0.196. The van der Waals surface area contributed by atoms with Gasteiger partial charge in [0.1, 0.15) is 11.3 Å². The molecule has 4 aromatic rings. The molecular formula is C24H24N6O3. The Morgan fingerprint density at radius 1 is 1.21 bits per heavy atom. The van der Waals surface area contributed by atoms with Gasteiger partial charge in [0, 0.05) is 24.5 Å². The van der Waals surface area contributed by atoms with Crippen molar-refractivity contribution in [3.8, 4) is 22.8 Å². The van der Waals surface area contributed by atoms with E-state index in [1.54, 1.807) is 23.0 Å². The molecule has 5 rings (SSSR count). The number of hydrogen-bond acceptors (Lipinski definition) is 7. The summed E-state index contributed by atoms with van der Waals surface area (Å²) in [7, 11) is 1.49. The molecule has 3 N–H and O–H groups in total. The number of benzene rings is 1. The molecule has 9 heteroatoms. The Morgan fingerprint density at radius 3 is 2.91 bits per heavy atom. The summed E-state index contributed by atoms with van der Waals surface area (Å²) in [6.45, 7) is 1.11. The molecule has 1 aliphatic rings. The second-order valence-electron chi connectivity index (χ2n) is 8.05. The van der Waals surface area contributed by atoms with Crippen LogP contribution >= 0.6 is 0 Å². The predicted molar refractivity (Wildman–Crippen MR) is 123 cm³/mol. The molecule has 33 heavy (non-hydrogen) atoms. The third-order valence-corrected chi connectivity index (χ3v) is 5.51. The van der Waals surface area contributed by atoms with Gasteiger partial charge in [-0.3, -0.25) is 4.79 Å². The van der Waals surface area contributed by atoms with E-state index in [2.05, 4.69) is 20.4 Å². The first kappa shape index (κ1) is 20.7. The normalized spacial score (nSPS) is 13.1. The van der Waals surface area contributed by atoms with Gasteiger partial charge in [0.2, 0.25) is 11.8 Å². The number of fused-ring (bicyclic) bond motifs is 1. The average Bonchev–Trinajstić information content (AvgIpc) is 3.59. The molecule has 0 saturated heterocycles. The summed E-state index contributed by atoms with van der Waals surface area (Å²) in [5.41, 5.74) is 9.16. The van der Waals surface area contributed by atoms with Crippen molar-refractivity contribution in [3.05, 3.63) is 66.0 Å². The molecule has 1 aliphatic carbocycles. The van der Waals surface area contributed by atoms with Crippen LogP contribution < -0.4 is 20.5 Å². The highest BCUT2D eigenvalue weighted by Crippen LogP contribution is 2.30. The van der Waals surface area contributed by atoms with Crippen LogP contribution in [-0.2, 0) is 6.54 Å². The summed E-state index contributed by atoms with van der Waals surface area (Å²) in [6, 6.07) is 13.2. The highest BCUT2D eigenvalue weighted by Gasteiger charge is 2.22. The van der Waals surface area contributed by atoms with E-state index in [1.807, 2.05) is 36.4 Å². The number of carbonyl (C=O) groups excluding carboxylic acids is 1. The van der Waals surface area contributed by atoms with Crippen molar-refractivity contribution in [2.24, 2.45) is 5.92 Å². The molecule has 0 bridgehead atoms. The van der Waals surface area contributed by atoms with Gasteiger partial charge < -0.3 is 20.5 Å². The Bertz CT molecular complexity index is 1310. The van der Waals surface area contributed by atoms with E-state index in [9.17, 15) is 4.79 Å². The molecular weight excluding hydrogens is 420 g/mol. The van der Waals surface area contributed by atoms with Gasteiger partial charge >= 0.3 is 0 Å². The fourth-order valence-corrected chi connectivity index (χ4v) is 3.54. The molecule has 1 fully saturated rings. The number of carbonyl (C=O) groups is 1. The van der Waals surface area contributed by atoms with Gasteiger partial charge in [-0.1, -0.05) is 12.1 Å². The molecule has 9 nitrogen and oxygen atoms in total. The molecule has 0 unspecified atom stereocenters. The summed E-state index contributed by atoms with van der Waals surface area (Å²) in [5.74, 6) is 1.67. The van der Waals surface area contributed by atoms with Crippen molar-refractivity contribution >= 4 is 17.5 Å². The molecule has 0 atom stereocenters. The maximum Gasteiger partial charge on any atom is 0.257 e. The molecule has 0 spiro atoms. The minimum Gasteiger partial charge on any atom is -0.493 e. The lowest BCUT2D eigenvalue weighted by molar-refractivity contribution is 0.0947. The maximum atomic E-state index is 13.0. The number of rotatable bonds is 8. The third kappa shape index (κ3) is 4.72. The maximum absolute atomic E-state index is 13.0. The minimum atomic E-state index is -0.279. The number of nitrogens with two attached hydrogens (primary N) is 1. The number of anilines is 1. The first-order chi connectivity index (χ1) is 16.1. The standard InChI is InChI=1S/C24H24N6O3/c1-32-23-20(10-18(13-27-23)17-7-8-30-21(11-17)28-24(25)29-30)22(31)26-12-16-3-2-4-19(9-16)33-14-15-5-6-15/h2-4,7-11,13,15H,5-6,12,14H2,1H3,(H2,25,29)(H,26,31). The average molecular weight is 444 g/mol. The van der Waals surface area contributed by atoms with Gasteiger partial charge in [-0.2, -0.15) is 4.98 Å². The van der Waals surface area contributed by atoms with Crippen molar-refractivity contribution < 1.29 is 14.3 Å². The van der Waals surface area contributed by atoms with Gasteiger partial charge in [0.25, 0.3) is 5.91 Å².